The zero-order valence-corrected chi connectivity index (χ0v) is 25.8. The molecular formula is C31H26N10O5S. The summed E-state index contributed by atoms with van der Waals surface area (Å²) in [4.78, 5) is 37.7. The van der Waals surface area contributed by atoms with Crippen molar-refractivity contribution in [3.8, 4) is 22.7 Å². The zero-order valence-electron chi connectivity index (χ0n) is 24.9. The van der Waals surface area contributed by atoms with Crippen LogP contribution in [0.4, 0.5) is 11.5 Å². The number of nitrogens with zero attached hydrogens (tertiary/aromatic N) is 7. The van der Waals surface area contributed by atoms with Gasteiger partial charge in [-0.15, -0.1) is 0 Å². The fourth-order valence-electron chi connectivity index (χ4n) is 5.34. The molecule has 4 N–H and O–H groups in total. The Kier molecular flexibility index (Phi) is 7.05. The van der Waals surface area contributed by atoms with Crippen LogP contribution in [0.3, 0.4) is 0 Å². The van der Waals surface area contributed by atoms with Gasteiger partial charge in [-0.2, -0.15) is 10.2 Å². The van der Waals surface area contributed by atoms with Crippen molar-refractivity contribution in [1.29, 1.82) is 0 Å². The number of aromatic nitrogens is 8. The Balaban J connectivity index is 1.34. The maximum Gasteiger partial charge on any atom is 0.282 e. The second-order valence-electron chi connectivity index (χ2n) is 10.6. The van der Waals surface area contributed by atoms with E-state index in [1.165, 1.54) is 63.7 Å². The molecule has 47 heavy (non-hydrogen) atoms. The molecule has 7 aromatic rings. The van der Waals surface area contributed by atoms with Crippen LogP contribution >= 0.6 is 0 Å². The highest BCUT2D eigenvalue weighted by Crippen LogP contribution is 2.31. The first-order valence-electron chi connectivity index (χ1n) is 14.2. The van der Waals surface area contributed by atoms with Gasteiger partial charge in [0, 0.05) is 18.0 Å². The number of para-hydroxylation sites is 1. The smallest absolute Gasteiger partial charge is 0.282 e. The predicted molar refractivity (Wildman–Crippen MR) is 174 cm³/mol. The molecule has 0 amide bonds. The van der Waals surface area contributed by atoms with Gasteiger partial charge >= 0.3 is 0 Å². The summed E-state index contributed by atoms with van der Waals surface area (Å²) in [7, 11) is -2.67. The van der Waals surface area contributed by atoms with Gasteiger partial charge in [-0.25, -0.2) is 27.6 Å². The van der Waals surface area contributed by atoms with Gasteiger partial charge < -0.3 is 15.5 Å². The number of benzene rings is 2. The molecule has 2 aromatic carbocycles. The molecule has 0 radical (unpaired) electrons. The van der Waals surface area contributed by atoms with Crippen molar-refractivity contribution in [1.82, 2.24) is 38.9 Å². The summed E-state index contributed by atoms with van der Waals surface area (Å²) >= 11 is 0. The molecule has 0 bridgehead atoms. The Morgan fingerprint density at radius 2 is 1.77 bits per heavy atom. The number of pyridine rings is 1. The van der Waals surface area contributed by atoms with Crippen molar-refractivity contribution < 1.29 is 13.2 Å². The molecule has 0 aliphatic carbocycles. The van der Waals surface area contributed by atoms with Crippen LogP contribution in [0.2, 0.25) is 0 Å². The van der Waals surface area contributed by atoms with E-state index in [0.717, 1.165) is 5.56 Å². The zero-order chi connectivity index (χ0) is 32.9. The number of methoxy groups -OCH3 is 1. The summed E-state index contributed by atoms with van der Waals surface area (Å²) in [5.41, 5.74) is 7.90. The minimum Gasteiger partial charge on any atom is -0.497 e. The average Bonchev–Trinajstić information content (AvgIpc) is 3.63. The van der Waals surface area contributed by atoms with Crippen LogP contribution in [-0.4, -0.2) is 54.4 Å². The van der Waals surface area contributed by atoms with Crippen molar-refractivity contribution in [2.24, 2.45) is 0 Å². The molecule has 16 heteroatoms. The standard InChI is InChI=1S/C31H26N10O5S/c1-18-12-13-39-27(18)31(43)41(20-6-4-3-5-7-20)24(36-39)16-40-29-25(28(32)34-17-35-29)26(37-40)19-14-23(30(42)33-15-19)38-47(44,45)22-10-8-21(46-2)9-11-22/h3-15,17,38H,16H2,1-2H3,(H,33,42)(H2,32,34,35). The number of H-pyrrole nitrogens is 1. The Morgan fingerprint density at radius 3 is 2.51 bits per heavy atom. The molecule has 0 atom stereocenters. The number of anilines is 2. The third-order valence-electron chi connectivity index (χ3n) is 7.61. The average molecular weight is 651 g/mol. The van der Waals surface area contributed by atoms with Crippen LogP contribution in [0.15, 0.2) is 99.9 Å². The monoisotopic (exact) mass is 650 g/mol. The van der Waals surface area contributed by atoms with E-state index in [9.17, 15) is 18.0 Å². The van der Waals surface area contributed by atoms with Crippen molar-refractivity contribution in [3.63, 3.8) is 0 Å². The normalized spacial score (nSPS) is 11.7. The molecule has 0 aliphatic rings. The molecule has 5 heterocycles. The largest absolute Gasteiger partial charge is 0.497 e. The molecule has 15 nitrogen and oxygen atoms in total. The molecule has 0 fully saturated rings. The van der Waals surface area contributed by atoms with Crippen LogP contribution in [0.25, 0.3) is 33.5 Å². The predicted octanol–water partition coefficient (Wildman–Crippen LogP) is 2.73. The topological polar surface area (TPSA) is 197 Å². The van der Waals surface area contributed by atoms with Gasteiger partial charge in [-0.3, -0.25) is 18.9 Å². The lowest BCUT2D eigenvalue weighted by molar-refractivity contribution is 0.414. The van der Waals surface area contributed by atoms with E-state index in [0.29, 0.717) is 39.4 Å². The van der Waals surface area contributed by atoms with Crippen molar-refractivity contribution in [2.75, 3.05) is 17.6 Å². The third kappa shape index (κ3) is 5.15. The highest BCUT2D eigenvalue weighted by molar-refractivity contribution is 7.92. The van der Waals surface area contributed by atoms with E-state index in [-0.39, 0.29) is 34.2 Å². The fourth-order valence-corrected chi connectivity index (χ4v) is 6.39. The highest BCUT2D eigenvalue weighted by atomic mass is 32.2. The van der Waals surface area contributed by atoms with Gasteiger partial charge in [0.2, 0.25) is 0 Å². The van der Waals surface area contributed by atoms with Gasteiger partial charge in [-0.1, -0.05) is 18.2 Å². The van der Waals surface area contributed by atoms with Crippen molar-refractivity contribution in [2.45, 2.75) is 18.4 Å². The number of nitrogens with two attached hydrogens (primary N) is 1. The van der Waals surface area contributed by atoms with E-state index in [4.69, 9.17) is 20.7 Å². The summed E-state index contributed by atoms with van der Waals surface area (Å²) in [5.74, 6) is 0.935. The number of fused-ring (bicyclic) bond motifs is 2. The van der Waals surface area contributed by atoms with Crippen molar-refractivity contribution in [3.05, 3.63) is 118 Å². The van der Waals surface area contributed by atoms with Crippen molar-refractivity contribution >= 4 is 38.1 Å². The molecule has 0 spiro atoms. The quantitative estimate of drug-likeness (QED) is 0.220. The maximum absolute atomic E-state index is 13.8. The molecular weight excluding hydrogens is 624 g/mol. The minimum atomic E-state index is -4.14. The number of hydrogen-bond acceptors (Lipinski definition) is 10. The summed E-state index contributed by atoms with van der Waals surface area (Å²) in [6.45, 7) is 1.83. The maximum atomic E-state index is 13.8. The van der Waals surface area contributed by atoms with Crippen LogP contribution in [0.1, 0.15) is 11.4 Å². The molecule has 0 saturated heterocycles. The van der Waals surface area contributed by atoms with Crippen LogP contribution < -0.4 is 26.3 Å². The number of hydrogen-bond donors (Lipinski definition) is 3. The number of aryl methyl sites for hydroxylation is 1. The van der Waals surface area contributed by atoms with Gasteiger partial charge in [0.05, 0.1) is 23.1 Å². The van der Waals surface area contributed by atoms with Gasteiger partial charge in [0.15, 0.2) is 11.5 Å². The number of nitrogens with one attached hydrogen (secondary N) is 2. The van der Waals surface area contributed by atoms with Gasteiger partial charge in [-0.05, 0) is 61.0 Å². The van der Waals surface area contributed by atoms with Crippen LogP contribution in [0.5, 0.6) is 5.75 Å². The Bertz CT molecular complexity index is 2540. The molecule has 0 aliphatic heterocycles. The van der Waals surface area contributed by atoms with Crippen LogP contribution in [0, 0.1) is 6.92 Å². The second-order valence-corrected chi connectivity index (χ2v) is 12.2. The SMILES string of the molecule is COc1ccc(S(=O)(=O)Nc2cc(-c3nn(Cc4nn5ccc(C)c5c(=O)n4-c4ccccc4)c4ncnc(N)c34)c[nH]c2=O)cc1. The second kappa shape index (κ2) is 11.3. The Morgan fingerprint density at radius 1 is 1.00 bits per heavy atom. The van der Waals surface area contributed by atoms with E-state index in [2.05, 4.69) is 19.7 Å². The first kappa shape index (κ1) is 29.4. The lowest BCUT2D eigenvalue weighted by atomic mass is 10.1. The van der Waals surface area contributed by atoms with Crippen LogP contribution in [-0.2, 0) is 16.6 Å². The molecule has 0 unspecified atom stereocenters. The minimum absolute atomic E-state index is 0.00936. The van der Waals surface area contributed by atoms with E-state index in [1.807, 2.05) is 43.3 Å². The highest BCUT2D eigenvalue weighted by Gasteiger charge is 2.23. The fraction of sp³-hybridized carbons (Fsp3) is 0.0968. The summed E-state index contributed by atoms with van der Waals surface area (Å²) in [5, 5.41) is 9.88. The summed E-state index contributed by atoms with van der Waals surface area (Å²) in [6, 6.07) is 18.0. The van der Waals surface area contributed by atoms with E-state index in [1.54, 1.807) is 6.20 Å². The first-order valence-corrected chi connectivity index (χ1v) is 15.6. The molecule has 7 rings (SSSR count). The lowest BCUT2D eigenvalue weighted by Gasteiger charge is -2.13. The summed E-state index contributed by atoms with van der Waals surface area (Å²) < 4.78 is 38.3. The van der Waals surface area contributed by atoms with Gasteiger partial charge in [0.25, 0.3) is 21.1 Å². The Hall–Kier alpha value is -6.29. The first-order chi connectivity index (χ1) is 22.6. The Labute approximate surface area is 266 Å². The molecule has 0 saturated carbocycles. The number of ether oxygens (including phenoxy) is 1. The summed E-state index contributed by atoms with van der Waals surface area (Å²) in [6.07, 6.45) is 4.39. The van der Waals surface area contributed by atoms with E-state index < -0.39 is 15.6 Å². The molecule has 5 aromatic heterocycles. The molecule has 236 valence electrons. The van der Waals surface area contributed by atoms with E-state index >= 15 is 0 Å². The third-order valence-corrected chi connectivity index (χ3v) is 8.99. The number of sulfonamides is 1. The lowest BCUT2D eigenvalue weighted by Crippen LogP contribution is -2.28. The van der Waals surface area contributed by atoms with Gasteiger partial charge in [0.1, 0.15) is 41.3 Å². The number of nitrogen functional groups attached to an aromatic ring is 1. The number of rotatable bonds is 8. The number of aromatic amines is 1.